The molecule has 11 heteroatoms. The zero-order valence-electron chi connectivity index (χ0n) is 3.93. The van der Waals surface area contributed by atoms with E-state index in [0.717, 1.165) is 0 Å². The minimum absolute atomic E-state index is 0. The van der Waals surface area contributed by atoms with Crippen molar-refractivity contribution in [3.05, 3.63) is 0 Å². The van der Waals surface area contributed by atoms with E-state index in [1.165, 1.54) is 0 Å². The Balaban J connectivity index is -0.00000000533. The molecule has 71 valence electrons. The van der Waals surface area contributed by atoms with Crippen molar-refractivity contribution in [3.8, 4) is 0 Å². The molecule has 0 unspecified atom stereocenters. The van der Waals surface area contributed by atoms with Gasteiger partial charge in [-0.1, -0.05) is 0 Å². The maximum Gasteiger partial charge on any atom is 0 e. The van der Waals surface area contributed by atoms with Crippen LogP contribution in [-0.4, -0.2) is 73.5 Å². The molecule has 6 nitrogen and oxygen atoms in total. The van der Waals surface area contributed by atoms with Crippen LogP contribution in [0.3, 0.4) is 0 Å². The van der Waals surface area contributed by atoms with Crippen molar-refractivity contribution < 1.29 is 64.3 Å². The molecule has 0 saturated carbocycles. The Kier molecular flexibility index (Phi) is 104. The van der Waals surface area contributed by atoms with Gasteiger partial charge in [0, 0.05) is 34.1 Å². The van der Waals surface area contributed by atoms with Crippen LogP contribution in [0.2, 0.25) is 0 Å². The van der Waals surface area contributed by atoms with Crippen molar-refractivity contribution >= 4 is 55.7 Å². The molecule has 0 rings (SSSR count). The van der Waals surface area contributed by atoms with Crippen LogP contribution >= 0.6 is 7.82 Å². The van der Waals surface area contributed by atoms with E-state index in [1.807, 2.05) is 0 Å². The monoisotopic (exact) mass is 298 g/mol. The van der Waals surface area contributed by atoms with Gasteiger partial charge in [0.1, 0.15) is 0 Å². The zero-order chi connectivity index (χ0) is 4.50. The van der Waals surface area contributed by atoms with Gasteiger partial charge in [0.25, 0.3) is 0 Å². The van der Waals surface area contributed by atoms with Crippen molar-refractivity contribution in [3.63, 3.8) is 0 Å². The summed E-state index contributed by atoms with van der Waals surface area (Å²) in [6.07, 6.45) is 0. The molecule has 0 saturated heterocycles. The molecule has 0 bridgehead atoms. The standard InChI is InChI=1S/Be.Ca.Fe.Mn.H3O4P.2H2O.4H/c;;;;1-5(2,3)4;;;;;;/h;;;;(H3,1,2,3,4);2*1H2;;;;. The average molecular weight is 298 g/mol. The fourth-order valence-electron chi connectivity index (χ4n) is 0. The summed E-state index contributed by atoms with van der Waals surface area (Å²) < 4.78 is 8.88. The molecular formula is H11BeCaFeMnO6P. The summed E-state index contributed by atoms with van der Waals surface area (Å²) in [6.45, 7) is 0. The molecule has 0 atom stereocenters. The van der Waals surface area contributed by atoms with E-state index in [9.17, 15) is 0 Å². The molecule has 0 spiro atoms. The van der Waals surface area contributed by atoms with Crippen LogP contribution < -0.4 is 0 Å². The predicted molar refractivity (Wildman–Crippen MR) is 38.6 cm³/mol. The molecule has 0 aromatic carbocycles. The number of hydrogen-bond donors (Lipinski definition) is 3. The molecule has 7 N–H and O–H groups in total. The van der Waals surface area contributed by atoms with Crippen molar-refractivity contribution in [2.45, 2.75) is 0 Å². The molecule has 11 heavy (non-hydrogen) atoms. The van der Waals surface area contributed by atoms with Gasteiger partial charge in [-0.3, -0.25) is 0 Å². The normalized spacial score (nSPS) is 5.36. The van der Waals surface area contributed by atoms with Crippen LogP contribution in [0.5, 0.6) is 0 Å². The van der Waals surface area contributed by atoms with Gasteiger partial charge < -0.3 is 25.6 Å². The number of hydrogen-bond acceptors (Lipinski definition) is 1. The minimum Gasteiger partial charge on any atom is 0 e. The van der Waals surface area contributed by atoms with Crippen LogP contribution in [0, 0.1) is 0 Å². The summed E-state index contributed by atoms with van der Waals surface area (Å²) in [6, 6.07) is 0. The second-order valence-electron chi connectivity index (χ2n) is 0.513. The first-order valence-electron chi connectivity index (χ1n) is 0.783. The molecular weight excluding hydrogens is 287 g/mol. The smallest absolute Gasteiger partial charge is 0 e. The van der Waals surface area contributed by atoms with E-state index in [4.69, 9.17) is 19.2 Å². The van der Waals surface area contributed by atoms with E-state index in [1.54, 1.807) is 0 Å². The molecule has 0 aliphatic rings. The van der Waals surface area contributed by atoms with Gasteiger partial charge in [-0.15, -0.1) is 0 Å². The summed E-state index contributed by atoms with van der Waals surface area (Å²) in [7, 11) is -4.64. The van der Waals surface area contributed by atoms with Crippen molar-refractivity contribution in [1.29, 1.82) is 0 Å². The van der Waals surface area contributed by atoms with Gasteiger partial charge in [-0.25, -0.2) is 4.57 Å². The number of rotatable bonds is 0. The topological polar surface area (TPSA) is 141 Å². The molecule has 0 amide bonds. The molecule has 1 radical (unpaired) electrons. The van der Waals surface area contributed by atoms with Gasteiger partial charge in [0.15, 0.2) is 0 Å². The second-order valence-corrected chi connectivity index (χ2v) is 1.54. The van der Waals surface area contributed by atoms with Crippen LogP contribution in [0.4, 0.5) is 0 Å². The maximum absolute atomic E-state index is 8.88. The van der Waals surface area contributed by atoms with Gasteiger partial charge in [-0.05, 0) is 0 Å². The first-order chi connectivity index (χ1) is 2.00. The Morgan fingerprint density at radius 1 is 1.00 bits per heavy atom. The molecule has 0 aliphatic carbocycles. The first kappa shape index (κ1) is 49.9. The summed E-state index contributed by atoms with van der Waals surface area (Å²) >= 11 is 0. The van der Waals surface area contributed by atoms with Crippen LogP contribution in [0.15, 0.2) is 0 Å². The maximum atomic E-state index is 8.88. The summed E-state index contributed by atoms with van der Waals surface area (Å²) in [5.74, 6) is 0. The van der Waals surface area contributed by atoms with E-state index < -0.39 is 7.82 Å². The van der Waals surface area contributed by atoms with Crippen LogP contribution in [0.25, 0.3) is 0 Å². The number of phosphoric acid groups is 1. The fourth-order valence-corrected chi connectivity index (χ4v) is 0. The quantitative estimate of drug-likeness (QED) is 0.306. The Morgan fingerprint density at radius 3 is 1.00 bits per heavy atom. The molecule has 0 aromatic heterocycles. The van der Waals surface area contributed by atoms with Gasteiger partial charge >= 0.3 is 55.7 Å². The largest absolute Gasteiger partial charge is 0 e. The molecule has 0 aliphatic heterocycles. The van der Waals surface area contributed by atoms with Crippen LogP contribution in [0.1, 0.15) is 0 Å². The summed E-state index contributed by atoms with van der Waals surface area (Å²) in [5.41, 5.74) is 0. The van der Waals surface area contributed by atoms with Gasteiger partial charge in [0.2, 0.25) is 0 Å². The molecule has 0 fully saturated rings. The predicted octanol–water partition coefficient (Wildman–Crippen LogP) is -4.42. The second kappa shape index (κ2) is 22.9. The summed E-state index contributed by atoms with van der Waals surface area (Å²) in [5, 5.41) is 0. The third kappa shape index (κ3) is 221. The summed E-state index contributed by atoms with van der Waals surface area (Å²) in [4.78, 5) is 21.6. The van der Waals surface area contributed by atoms with E-state index >= 15 is 0 Å². The SMILES string of the molecule is O.O.O=P(O)(O)O.[BeH2].[CaH2].[Fe].[Mn]. The van der Waals surface area contributed by atoms with Gasteiger partial charge in [-0.2, -0.15) is 0 Å². The zero-order valence-corrected chi connectivity index (χ0v) is 7.11. The Labute approximate surface area is 119 Å². The Morgan fingerprint density at radius 2 is 1.00 bits per heavy atom. The first-order valence-corrected chi connectivity index (χ1v) is 2.35. The third-order valence-electron chi connectivity index (χ3n) is 0. The Hall–Kier alpha value is 2.50. The van der Waals surface area contributed by atoms with Crippen molar-refractivity contribution in [2.75, 3.05) is 0 Å². The minimum atomic E-state index is -4.64. The Bertz CT molecular complexity index is 68.7. The van der Waals surface area contributed by atoms with E-state index in [-0.39, 0.29) is 92.9 Å². The van der Waals surface area contributed by atoms with Crippen LogP contribution in [-0.2, 0) is 38.7 Å². The van der Waals surface area contributed by atoms with Crippen molar-refractivity contribution in [2.24, 2.45) is 0 Å². The fraction of sp³-hybridized carbons (Fsp3) is 0. The molecule has 0 aromatic rings. The van der Waals surface area contributed by atoms with Gasteiger partial charge in [0.05, 0.1) is 0 Å². The molecule has 0 heterocycles. The van der Waals surface area contributed by atoms with E-state index in [2.05, 4.69) is 0 Å². The third-order valence-corrected chi connectivity index (χ3v) is 0. The van der Waals surface area contributed by atoms with E-state index in [0.29, 0.717) is 0 Å². The van der Waals surface area contributed by atoms with Crippen molar-refractivity contribution in [1.82, 2.24) is 0 Å². The average Bonchev–Trinajstić information content (AvgIpc) is 0.722.